The van der Waals surface area contributed by atoms with Crippen LogP contribution in [0.15, 0.2) is 88.1 Å². The van der Waals surface area contributed by atoms with Crippen LogP contribution in [0.4, 0.5) is 5.88 Å². The monoisotopic (exact) mass is 409 g/mol. The lowest BCUT2D eigenvalue weighted by Gasteiger charge is -2.12. The van der Waals surface area contributed by atoms with Crippen molar-refractivity contribution in [1.82, 2.24) is 9.55 Å². The zero-order valence-corrected chi connectivity index (χ0v) is 16.1. The Morgan fingerprint density at radius 3 is 2.48 bits per heavy atom. The molecule has 3 aromatic carbocycles. The van der Waals surface area contributed by atoms with E-state index in [0.29, 0.717) is 28.2 Å². The molecule has 0 fully saturated rings. The fraction of sp³-hybridized carbons (Fsp3) is 0. The van der Waals surface area contributed by atoms with Crippen LogP contribution in [0.2, 0.25) is 0 Å². The molecule has 7 nitrogen and oxygen atoms in total. The molecule has 5 rings (SSSR count). The largest absolute Gasteiger partial charge is 0.433 e. The van der Waals surface area contributed by atoms with E-state index in [-0.39, 0.29) is 11.4 Å². The summed E-state index contributed by atoms with van der Waals surface area (Å²) in [6, 6.07) is 23.6. The lowest BCUT2D eigenvalue weighted by atomic mass is 10.1. The number of hydrogen-bond donors (Lipinski definition) is 0. The number of nitro groups is 1. The molecule has 0 N–H and O–H groups in total. The SMILES string of the molecule is O=c1c2ccccc2nc(/C=C/c2ccc([N+](=O)[O-])o2)n1-c1ccc2ccccc2c1. The van der Waals surface area contributed by atoms with Crippen molar-refractivity contribution in [3.05, 3.63) is 111 Å². The lowest BCUT2D eigenvalue weighted by molar-refractivity contribution is -0.402. The lowest BCUT2D eigenvalue weighted by Crippen LogP contribution is -2.22. The van der Waals surface area contributed by atoms with Gasteiger partial charge in [0.05, 0.1) is 22.7 Å². The first-order valence-electron chi connectivity index (χ1n) is 9.53. The van der Waals surface area contributed by atoms with Gasteiger partial charge >= 0.3 is 5.88 Å². The molecule has 0 spiro atoms. The Morgan fingerprint density at radius 1 is 0.903 bits per heavy atom. The van der Waals surface area contributed by atoms with Gasteiger partial charge in [-0.1, -0.05) is 42.5 Å². The van der Waals surface area contributed by atoms with E-state index in [1.54, 1.807) is 30.4 Å². The second-order valence-electron chi connectivity index (χ2n) is 6.93. The van der Waals surface area contributed by atoms with Crippen molar-refractivity contribution in [1.29, 1.82) is 0 Å². The van der Waals surface area contributed by atoms with Gasteiger partial charge < -0.3 is 4.42 Å². The van der Waals surface area contributed by atoms with Crippen molar-refractivity contribution >= 4 is 39.7 Å². The Bertz CT molecular complexity index is 1550. The van der Waals surface area contributed by atoms with Crippen molar-refractivity contribution in [2.45, 2.75) is 0 Å². The second kappa shape index (κ2) is 7.38. The molecule has 150 valence electrons. The average molecular weight is 409 g/mol. The van der Waals surface area contributed by atoms with Crippen LogP contribution in [-0.4, -0.2) is 14.5 Å². The van der Waals surface area contributed by atoms with E-state index in [0.717, 1.165) is 10.8 Å². The molecule has 2 aromatic heterocycles. The summed E-state index contributed by atoms with van der Waals surface area (Å²) in [6.07, 6.45) is 3.17. The topological polar surface area (TPSA) is 91.2 Å². The van der Waals surface area contributed by atoms with Crippen molar-refractivity contribution in [3.8, 4) is 5.69 Å². The van der Waals surface area contributed by atoms with E-state index >= 15 is 0 Å². The van der Waals surface area contributed by atoms with Crippen LogP contribution < -0.4 is 5.56 Å². The van der Waals surface area contributed by atoms with Crippen molar-refractivity contribution in [2.24, 2.45) is 0 Å². The highest BCUT2D eigenvalue weighted by molar-refractivity contribution is 5.85. The summed E-state index contributed by atoms with van der Waals surface area (Å²) in [6.45, 7) is 0. The minimum absolute atomic E-state index is 0.203. The molecular weight excluding hydrogens is 394 g/mol. The van der Waals surface area contributed by atoms with E-state index < -0.39 is 4.92 Å². The second-order valence-corrected chi connectivity index (χ2v) is 6.93. The van der Waals surface area contributed by atoms with Crippen LogP contribution in [0.1, 0.15) is 11.6 Å². The van der Waals surface area contributed by atoms with Gasteiger partial charge in [0.15, 0.2) is 0 Å². The molecule has 0 atom stereocenters. The molecule has 0 unspecified atom stereocenters. The van der Waals surface area contributed by atoms with Gasteiger partial charge in [-0.05, 0) is 53.3 Å². The zero-order chi connectivity index (χ0) is 21.4. The van der Waals surface area contributed by atoms with Crippen molar-refractivity contribution in [3.63, 3.8) is 0 Å². The van der Waals surface area contributed by atoms with Crippen LogP contribution in [0, 0.1) is 10.1 Å². The minimum Gasteiger partial charge on any atom is -0.401 e. The Kier molecular flexibility index (Phi) is 4.41. The first-order valence-corrected chi connectivity index (χ1v) is 9.53. The molecule has 0 aliphatic rings. The smallest absolute Gasteiger partial charge is 0.401 e. The van der Waals surface area contributed by atoms with Gasteiger partial charge in [-0.15, -0.1) is 0 Å². The molecule has 0 radical (unpaired) electrons. The summed E-state index contributed by atoms with van der Waals surface area (Å²) < 4.78 is 6.72. The predicted molar refractivity (Wildman–Crippen MR) is 119 cm³/mol. The highest BCUT2D eigenvalue weighted by atomic mass is 16.6. The average Bonchev–Trinajstić information content (AvgIpc) is 3.27. The third-order valence-electron chi connectivity index (χ3n) is 4.98. The number of aromatic nitrogens is 2. The van der Waals surface area contributed by atoms with Gasteiger partial charge in [0.25, 0.3) is 5.56 Å². The van der Waals surface area contributed by atoms with Crippen molar-refractivity contribution in [2.75, 3.05) is 0 Å². The molecule has 0 bridgehead atoms. The maximum Gasteiger partial charge on any atom is 0.433 e. The fourth-order valence-electron chi connectivity index (χ4n) is 3.51. The number of furan rings is 1. The molecule has 31 heavy (non-hydrogen) atoms. The van der Waals surface area contributed by atoms with Gasteiger partial charge in [0, 0.05) is 0 Å². The normalized spacial score (nSPS) is 11.5. The predicted octanol–water partition coefficient (Wildman–Crippen LogP) is 5.21. The molecule has 0 aliphatic heterocycles. The number of para-hydroxylation sites is 1. The minimum atomic E-state index is -0.601. The molecule has 5 aromatic rings. The number of benzene rings is 3. The first kappa shape index (κ1) is 18.5. The van der Waals surface area contributed by atoms with Gasteiger partial charge in [-0.3, -0.25) is 19.5 Å². The van der Waals surface area contributed by atoms with Crippen LogP contribution in [0.3, 0.4) is 0 Å². The molecule has 0 saturated carbocycles. The van der Waals surface area contributed by atoms with Gasteiger partial charge in [0.2, 0.25) is 0 Å². The van der Waals surface area contributed by atoms with Gasteiger partial charge in [-0.25, -0.2) is 4.98 Å². The maximum absolute atomic E-state index is 13.4. The van der Waals surface area contributed by atoms with Gasteiger partial charge in [0.1, 0.15) is 16.5 Å². The standard InChI is InChI=1S/C24H15N3O4/c28-24-20-7-3-4-8-21(20)25-22(13-11-19-12-14-23(31-19)27(29)30)26(24)18-10-9-16-5-1-2-6-17(16)15-18/h1-15H/b13-11+. The molecule has 0 aliphatic carbocycles. The molecule has 0 amide bonds. The highest BCUT2D eigenvalue weighted by Gasteiger charge is 2.13. The Balaban J connectivity index is 1.71. The number of hydrogen-bond acceptors (Lipinski definition) is 5. The Hall–Kier alpha value is -4.52. The van der Waals surface area contributed by atoms with E-state index in [4.69, 9.17) is 4.42 Å². The van der Waals surface area contributed by atoms with E-state index in [2.05, 4.69) is 4.98 Å². The van der Waals surface area contributed by atoms with Crippen LogP contribution >= 0.6 is 0 Å². The van der Waals surface area contributed by atoms with Crippen molar-refractivity contribution < 1.29 is 9.34 Å². The first-order chi connectivity index (χ1) is 15.1. The maximum atomic E-state index is 13.4. The number of rotatable bonds is 4. The molecule has 7 heteroatoms. The van der Waals surface area contributed by atoms with Gasteiger partial charge in [-0.2, -0.15) is 0 Å². The summed E-state index contributed by atoms with van der Waals surface area (Å²) >= 11 is 0. The summed E-state index contributed by atoms with van der Waals surface area (Å²) in [7, 11) is 0. The van der Waals surface area contributed by atoms with Crippen LogP contribution in [0.5, 0.6) is 0 Å². The van der Waals surface area contributed by atoms with Crippen LogP contribution in [0.25, 0.3) is 39.5 Å². The van der Waals surface area contributed by atoms with Crippen LogP contribution in [-0.2, 0) is 0 Å². The summed E-state index contributed by atoms with van der Waals surface area (Å²) in [4.78, 5) is 28.3. The number of fused-ring (bicyclic) bond motifs is 2. The highest BCUT2D eigenvalue weighted by Crippen LogP contribution is 2.22. The van der Waals surface area contributed by atoms with E-state index in [1.165, 1.54) is 16.7 Å². The summed E-state index contributed by atoms with van der Waals surface area (Å²) in [5.41, 5.74) is 1.03. The Morgan fingerprint density at radius 2 is 1.68 bits per heavy atom. The third-order valence-corrected chi connectivity index (χ3v) is 4.98. The quantitative estimate of drug-likeness (QED) is 0.300. The summed E-state index contributed by atoms with van der Waals surface area (Å²) in [5.74, 6) is 0.329. The fourth-order valence-corrected chi connectivity index (χ4v) is 3.51. The third kappa shape index (κ3) is 3.38. The zero-order valence-electron chi connectivity index (χ0n) is 16.1. The molecule has 2 heterocycles. The Labute approximate surface area is 175 Å². The molecule has 0 saturated heterocycles. The molecular formula is C24H15N3O4. The number of nitrogens with zero attached hydrogens (tertiary/aromatic N) is 3. The van der Waals surface area contributed by atoms with E-state index in [9.17, 15) is 14.9 Å². The summed E-state index contributed by atoms with van der Waals surface area (Å²) in [5, 5.41) is 13.4. The van der Waals surface area contributed by atoms with E-state index in [1.807, 2.05) is 48.5 Å².